The van der Waals surface area contributed by atoms with Crippen molar-refractivity contribution >= 4 is 19.8 Å². The summed E-state index contributed by atoms with van der Waals surface area (Å²) in [6.45, 7) is 3.05. The average Bonchev–Trinajstić information content (AvgIpc) is 3.19. The van der Waals surface area contributed by atoms with Crippen molar-refractivity contribution in [3.8, 4) is 0 Å². The maximum absolute atomic E-state index is 12.8. The van der Waals surface area contributed by atoms with E-state index in [0.29, 0.717) is 19.3 Å². The largest absolute Gasteiger partial charge is 0.472 e. The highest BCUT2D eigenvalue weighted by atomic mass is 31.2. The third-order valence-electron chi connectivity index (χ3n) is 9.03. The Bertz CT molecular complexity index is 1280. The molecule has 1 rings (SSSR count). The number of esters is 2. The van der Waals surface area contributed by atoms with E-state index < -0.39 is 75.7 Å². The predicted molar refractivity (Wildman–Crippen MR) is 221 cm³/mol. The number of carbonyl (C=O) groups is 2. The Hall–Kier alpha value is -2.71. The molecule has 57 heavy (non-hydrogen) atoms. The van der Waals surface area contributed by atoms with Crippen LogP contribution in [0.5, 0.6) is 0 Å². The molecule has 6 N–H and O–H groups in total. The molecule has 0 aromatic heterocycles. The third-order valence-corrected chi connectivity index (χ3v) is 10.0. The zero-order valence-electron chi connectivity index (χ0n) is 34.1. The Morgan fingerprint density at radius 1 is 0.561 bits per heavy atom. The Labute approximate surface area is 340 Å². The normalized spacial score (nSPS) is 23.4. The smallest absolute Gasteiger partial charge is 0.462 e. The first-order valence-electron chi connectivity index (χ1n) is 20.7. The topological polar surface area (TPSA) is 210 Å². The second-order valence-electron chi connectivity index (χ2n) is 14.1. The Kier molecular flexibility index (Phi) is 30.4. The minimum Gasteiger partial charge on any atom is -0.462 e. The van der Waals surface area contributed by atoms with Gasteiger partial charge in [-0.1, -0.05) is 119 Å². The van der Waals surface area contributed by atoms with E-state index in [4.69, 9.17) is 18.5 Å². The van der Waals surface area contributed by atoms with E-state index in [-0.39, 0.29) is 12.8 Å². The highest BCUT2D eigenvalue weighted by Crippen LogP contribution is 2.47. The number of phosphoric acid groups is 1. The summed E-state index contributed by atoms with van der Waals surface area (Å²) < 4.78 is 33.3. The summed E-state index contributed by atoms with van der Waals surface area (Å²) >= 11 is 0. The molecular formula is C43H71O13P. The SMILES string of the molecule is CC/C=C\C/C=C\C/C=C\C/C=C\C/C=C\CCCC(=O)OC(COC(=O)CCCCCCC/C=C\CCCC)COP(=O)(O)OC1C(O)C(O)C(O)C(O)C1O. The van der Waals surface area contributed by atoms with Gasteiger partial charge in [-0.2, -0.15) is 0 Å². The molecule has 0 heterocycles. The predicted octanol–water partition coefficient (Wildman–Crippen LogP) is 7.16. The second kappa shape index (κ2) is 33.2. The Morgan fingerprint density at radius 2 is 1.02 bits per heavy atom. The van der Waals surface area contributed by atoms with Gasteiger partial charge < -0.3 is 39.9 Å². The van der Waals surface area contributed by atoms with Crippen molar-refractivity contribution in [1.29, 1.82) is 0 Å². The van der Waals surface area contributed by atoms with Gasteiger partial charge in [-0.15, -0.1) is 0 Å². The first-order chi connectivity index (χ1) is 27.4. The van der Waals surface area contributed by atoms with Crippen molar-refractivity contribution < 1.29 is 63.1 Å². The van der Waals surface area contributed by atoms with Gasteiger partial charge in [0.15, 0.2) is 6.10 Å². The van der Waals surface area contributed by atoms with Crippen LogP contribution in [0.2, 0.25) is 0 Å². The second-order valence-corrected chi connectivity index (χ2v) is 15.5. The van der Waals surface area contributed by atoms with Crippen LogP contribution in [-0.2, 0) is 32.7 Å². The van der Waals surface area contributed by atoms with Crippen LogP contribution in [0.15, 0.2) is 72.9 Å². The van der Waals surface area contributed by atoms with E-state index in [0.717, 1.165) is 70.6 Å². The number of aliphatic hydroxyl groups is 5. The van der Waals surface area contributed by atoms with Crippen LogP contribution < -0.4 is 0 Å². The third kappa shape index (κ3) is 26.1. The highest BCUT2D eigenvalue weighted by molar-refractivity contribution is 7.47. The number of aliphatic hydroxyl groups excluding tert-OH is 5. The lowest BCUT2D eigenvalue weighted by atomic mass is 9.85. The maximum Gasteiger partial charge on any atom is 0.472 e. The molecule has 0 amide bonds. The van der Waals surface area contributed by atoms with Gasteiger partial charge in [-0.05, 0) is 70.6 Å². The van der Waals surface area contributed by atoms with Gasteiger partial charge in [0.25, 0.3) is 0 Å². The summed E-state index contributed by atoms with van der Waals surface area (Å²) in [6, 6.07) is 0. The minimum atomic E-state index is -5.13. The van der Waals surface area contributed by atoms with Crippen LogP contribution >= 0.6 is 7.82 Å². The van der Waals surface area contributed by atoms with Gasteiger partial charge >= 0.3 is 19.8 Å². The molecule has 0 radical (unpaired) electrons. The van der Waals surface area contributed by atoms with Crippen LogP contribution in [-0.4, -0.2) is 98.3 Å². The summed E-state index contributed by atoms with van der Waals surface area (Å²) in [5.74, 6) is -1.19. The van der Waals surface area contributed by atoms with Crippen molar-refractivity contribution in [3.63, 3.8) is 0 Å². The molecule has 1 aliphatic rings. The zero-order valence-corrected chi connectivity index (χ0v) is 35.0. The summed E-state index contributed by atoms with van der Waals surface area (Å²) in [5, 5.41) is 50.0. The molecule has 0 bridgehead atoms. The fraction of sp³-hybridized carbons (Fsp3) is 0.674. The van der Waals surface area contributed by atoms with Gasteiger partial charge in [0.2, 0.25) is 0 Å². The summed E-state index contributed by atoms with van der Waals surface area (Å²) in [7, 11) is -5.13. The van der Waals surface area contributed by atoms with Gasteiger partial charge in [0, 0.05) is 12.8 Å². The molecule has 0 aliphatic heterocycles. The molecule has 13 nitrogen and oxygen atoms in total. The van der Waals surface area contributed by atoms with Crippen LogP contribution in [0.4, 0.5) is 0 Å². The molecule has 6 atom stereocenters. The van der Waals surface area contributed by atoms with Crippen molar-refractivity contribution in [3.05, 3.63) is 72.9 Å². The molecule has 0 spiro atoms. The molecule has 0 saturated heterocycles. The van der Waals surface area contributed by atoms with Crippen molar-refractivity contribution in [1.82, 2.24) is 0 Å². The van der Waals surface area contributed by atoms with Gasteiger partial charge in [-0.3, -0.25) is 18.6 Å². The molecule has 0 aromatic rings. The number of unbranched alkanes of at least 4 members (excludes halogenated alkanes) is 8. The standard InChI is InChI=1S/C43H71O13P/c1-3-5-7-9-11-13-15-16-17-18-19-20-22-24-26-28-30-32-37(45)55-35(33-53-36(44)31-29-27-25-23-21-14-12-10-8-6-4-2)34-54-57(51,52)56-43-41(49)39(47)38(46)40(48)42(43)50/h5,7,10-13,16-17,19-20,24,26,35,38-43,46-50H,3-4,6,8-9,14-15,18,21-23,25,27-34H2,1-2H3,(H,51,52)/b7-5-,12-10-,13-11-,17-16-,20-19-,26-24-. The van der Waals surface area contributed by atoms with E-state index in [1.165, 1.54) is 12.8 Å². The maximum atomic E-state index is 12.8. The Balaban J connectivity index is 2.57. The van der Waals surface area contributed by atoms with Crippen molar-refractivity contribution in [2.24, 2.45) is 0 Å². The minimum absolute atomic E-state index is 0.0130. The van der Waals surface area contributed by atoms with Gasteiger partial charge in [0.05, 0.1) is 6.61 Å². The molecule has 326 valence electrons. The molecule has 0 aromatic carbocycles. The number of phosphoric ester groups is 1. The van der Waals surface area contributed by atoms with Crippen LogP contribution in [0.25, 0.3) is 0 Å². The van der Waals surface area contributed by atoms with Crippen molar-refractivity contribution in [2.45, 2.75) is 172 Å². The number of hydrogen-bond acceptors (Lipinski definition) is 12. The number of carbonyl (C=O) groups excluding carboxylic acids is 2. The van der Waals surface area contributed by atoms with Crippen LogP contribution in [0.1, 0.15) is 129 Å². The fourth-order valence-electron chi connectivity index (χ4n) is 5.65. The lowest BCUT2D eigenvalue weighted by Gasteiger charge is -2.41. The quantitative estimate of drug-likeness (QED) is 0.0172. The lowest BCUT2D eigenvalue weighted by molar-refractivity contribution is -0.220. The zero-order chi connectivity index (χ0) is 42.2. The summed E-state index contributed by atoms with van der Waals surface area (Å²) in [6.07, 6.45) is 26.9. The van der Waals surface area contributed by atoms with Crippen LogP contribution in [0.3, 0.4) is 0 Å². The summed E-state index contributed by atoms with van der Waals surface area (Å²) in [5.41, 5.74) is 0. The Morgan fingerprint density at radius 3 is 1.60 bits per heavy atom. The first-order valence-corrected chi connectivity index (χ1v) is 22.2. The molecule has 1 fully saturated rings. The number of hydrogen-bond donors (Lipinski definition) is 6. The molecule has 14 heteroatoms. The van der Waals surface area contributed by atoms with Gasteiger partial charge in [0.1, 0.15) is 43.2 Å². The van der Waals surface area contributed by atoms with Crippen molar-refractivity contribution in [2.75, 3.05) is 13.2 Å². The highest BCUT2D eigenvalue weighted by Gasteiger charge is 2.51. The average molecular weight is 827 g/mol. The van der Waals surface area contributed by atoms with E-state index in [9.17, 15) is 44.6 Å². The molecule has 1 aliphatic carbocycles. The van der Waals surface area contributed by atoms with E-state index in [2.05, 4.69) is 74.6 Å². The summed E-state index contributed by atoms with van der Waals surface area (Å²) in [4.78, 5) is 35.5. The number of allylic oxidation sites excluding steroid dienone is 12. The van der Waals surface area contributed by atoms with E-state index in [1.807, 2.05) is 12.2 Å². The number of rotatable bonds is 32. The fourth-order valence-corrected chi connectivity index (χ4v) is 6.63. The molecule has 1 saturated carbocycles. The van der Waals surface area contributed by atoms with E-state index in [1.54, 1.807) is 0 Å². The number of ether oxygens (including phenoxy) is 2. The monoisotopic (exact) mass is 826 g/mol. The van der Waals surface area contributed by atoms with Gasteiger partial charge in [-0.25, -0.2) is 4.57 Å². The lowest BCUT2D eigenvalue weighted by Crippen LogP contribution is -2.64. The van der Waals surface area contributed by atoms with Crippen LogP contribution in [0, 0.1) is 0 Å². The molecular weight excluding hydrogens is 755 g/mol. The molecule has 6 unspecified atom stereocenters. The first kappa shape index (κ1) is 52.3. The van der Waals surface area contributed by atoms with E-state index >= 15 is 0 Å².